The van der Waals surface area contributed by atoms with Gasteiger partial charge in [0.2, 0.25) is 5.91 Å². The highest BCUT2D eigenvalue weighted by molar-refractivity contribution is 5.92. The number of carbonyl (C=O) groups excluding carboxylic acids is 1. The standard InChI is InChI=1S/C17H24N4O2/c1-3-8-17(23,9-4-2)13-15(22)20-14-7-5-10-18-16(14)21-12-6-11-19-21/h5-7,10-12,23H,3-4,8-9,13H2,1-2H3,(H,20,22). The number of anilines is 1. The summed E-state index contributed by atoms with van der Waals surface area (Å²) in [5, 5.41) is 17.6. The van der Waals surface area contributed by atoms with Crippen LogP contribution in [0.25, 0.3) is 5.82 Å². The lowest BCUT2D eigenvalue weighted by molar-refractivity contribution is -0.121. The molecule has 2 aromatic heterocycles. The maximum Gasteiger partial charge on any atom is 0.227 e. The first-order chi connectivity index (χ1) is 11.1. The van der Waals surface area contributed by atoms with Gasteiger partial charge in [-0.3, -0.25) is 4.79 Å². The number of aromatic nitrogens is 3. The van der Waals surface area contributed by atoms with Crippen molar-refractivity contribution in [2.45, 2.75) is 51.6 Å². The summed E-state index contributed by atoms with van der Waals surface area (Å²) in [6.45, 7) is 4.02. The van der Waals surface area contributed by atoms with E-state index >= 15 is 0 Å². The lowest BCUT2D eigenvalue weighted by Crippen LogP contribution is -2.34. The molecule has 6 nitrogen and oxygen atoms in total. The summed E-state index contributed by atoms with van der Waals surface area (Å²) >= 11 is 0. The Morgan fingerprint density at radius 1 is 1.26 bits per heavy atom. The number of amides is 1. The van der Waals surface area contributed by atoms with Crippen LogP contribution in [0.5, 0.6) is 0 Å². The SMILES string of the molecule is CCCC(O)(CCC)CC(=O)Nc1cccnc1-n1cccn1. The van der Waals surface area contributed by atoms with Crippen molar-refractivity contribution < 1.29 is 9.90 Å². The molecule has 0 radical (unpaired) electrons. The number of carbonyl (C=O) groups is 1. The second kappa shape index (κ2) is 7.87. The van der Waals surface area contributed by atoms with Gasteiger partial charge in [-0.1, -0.05) is 26.7 Å². The number of hydrogen-bond donors (Lipinski definition) is 2. The predicted octanol–water partition coefficient (Wildman–Crippen LogP) is 2.93. The van der Waals surface area contributed by atoms with E-state index in [-0.39, 0.29) is 12.3 Å². The third kappa shape index (κ3) is 4.63. The van der Waals surface area contributed by atoms with E-state index in [2.05, 4.69) is 15.4 Å². The molecule has 0 aliphatic carbocycles. The second-order valence-corrected chi connectivity index (χ2v) is 5.77. The van der Waals surface area contributed by atoms with Crippen LogP contribution in [0.2, 0.25) is 0 Å². The molecule has 2 aromatic rings. The summed E-state index contributed by atoms with van der Waals surface area (Å²) in [4.78, 5) is 16.6. The van der Waals surface area contributed by atoms with E-state index in [1.165, 1.54) is 0 Å². The quantitative estimate of drug-likeness (QED) is 0.784. The van der Waals surface area contributed by atoms with Gasteiger partial charge in [-0.25, -0.2) is 9.67 Å². The van der Waals surface area contributed by atoms with Gasteiger partial charge in [-0.05, 0) is 31.0 Å². The van der Waals surface area contributed by atoms with Crippen LogP contribution < -0.4 is 5.32 Å². The molecule has 0 spiro atoms. The molecule has 0 aliphatic heterocycles. The van der Waals surface area contributed by atoms with E-state index in [0.29, 0.717) is 24.3 Å². The van der Waals surface area contributed by atoms with Crippen molar-refractivity contribution in [3.8, 4) is 5.82 Å². The topological polar surface area (TPSA) is 80.0 Å². The van der Waals surface area contributed by atoms with Crippen molar-refractivity contribution in [3.05, 3.63) is 36.8 Å². The normalized spacial score (nSPS) is 11.4. The van der Waals surface area contributed by atoms with Crippen LogP contribution in [-0.2, 0) is 4.79 Å². The van der Waals surface area contributed by atoms with Gasteiger partial charge >= 0.3 is 0 Å². The van der Waals surface area contributed by atoms with E-state index in [4.69, 9.17) is 0 Å². The summed E-state index contributed by atoms with van der Waals surface area (Å²) in [5.41, 5.74) is -0.363. The third-order valence-corrected chi connectivity index (χ3v) is 3.70. The van der Waals surface area contributed by atoms with Gasteiger partial charge in [0.1, 0.15) is 0 Å². The average molecular weight is 316 g/mol. The number of pyridine rings is 1. The van der Waals surface area contributed by atoms with Crippen molar-refractivity contribution in [1.82, 2.24) is 14.8 Å². The molecule has 2 N–H and O–H groups in total. The van der Waals surface area contributed by atoms with Gasteiger partial charge in [0, 0.05) is 18.6 Å². The highest BCUT2D eigenvalue weighted by Gasteiger charge is 2.28. The fourth-order valence-electron chi connectivity index (χ4n) is 2.80. The van der Waals surface area contributed by atoms with Crippen molar-refractivity contribution in [3.63, 3.8) is 0 Å². The predicted molar refractivity (Wildman–Crippen MR) is 89.4 cm³/mol. The number of nitrogens with one attached hydrogen (secondary N) is 1. The largest absolute Gasteiger partial charge is 0.389 e. The highest BCUT2D eigenvalue weighted by atomic mass is 16.3. The average Bonchev–Trinajstić information content (AvgIpc) is 3.02. The van der Waals surface area contributed by atoms with Gasteiger partial charge < -0.3 is 10.4 Å². The molecule has 0 saturated carbocycles. The Bertz CT molecular complexity index is 619. The Labute approximate surface area is 136 Å². The molecule has 2 heterocycles. The minimum absolute atomic E-state index is 0.0854. The van der Waals surface area contributed by atoms with Crippen molar-refractivity contribution in [1.29, 1.82) is 0 Å². The van der Waals surface area contributed by atoms with Gasteiger partial charge in [-0.15, -0.1) is 0 Å². The van der Waals surface area contributed by atoms with Crippen LogP contribution in [0.4, 0.5) is 5.69 Å². The summed E-state index contributed by atoms with van der Waals surface area (Å²) in [5.74, 6) is 0.344. The molecular weight excluding hydrogens is 292 g/mol. The Morgan fingerprint density at radius 2 is 2.00 bits per heavy atom. The summed E-state index contributed by atoms with van der Waals surface area (Å²) < 4.78 is 1.60. The Balaban J connectivity index is 2.12. The monoisotopic (exact) mass is 316 g/mol. The zero-order chi connectivity index (χ0) is 16.7. The molecule has 0 bridgehead atoms. The van der Waals surface area contributed by atoms with Crippen molar-refractivity contribution in [2.75, 3.05) is 5.32 Å². The van der Waals surface area contributed by atoms with Gasteiger partial charge in [0.25, 0.3) is 0 Å². The molecular formula is C17H24N4O2. The van der Waals surface area contributed by atoms with E-state index in [0.717, 1.165) is 12.8 Å². The molecule has 0 atom stereocenters. The van der Waals surface area contributed by atoms with Crippen LogP contribution >= 0.6 is 0 Å². The molecule has 6 heteroatoms. The fourth-order valence-corrected chi connectivity index (χ4v) is 2.80. The van der Waals surface area contributed by atoms with Crippen molar-refractivity contribution in [2.24, 2.45) is 0 Å². The number of rotatable bonds is 8. The first kappa shape index (κ1) is 17.1. The maximum atomic E-state index is 12.4. The Hall–Kier alpha value is -2.21. The lowest BCUT2D eigenvalue weighted by Gasteiger charge is -2.27. The third-order valence-electron chi connectivity index (χ3n) is 3.70. The summed E-state index contributed by atoms with van der Waals surface area (Å²) in [6.07, 6.45) is 8.08. The van der Waals surface area contributed by atoms with Crippen molar-refractivity contribution >= 4 is 11.6 Å². The smallest absolute Gasteiger partial charge is 0.227 e. The van der Waals surface area contributed by atoms with Gasteiger partial charge in [0.05, 0.1) is 17.7 Å². The molecule has 2 rings (SSSR count). The fraction of sp³-hybridized carbons (Fsp3) is 0.471. The summed E-state index contributed by atoms with van der Waals surface area (Å²) in [7, 11) is 0. The molecule has 124 valence electrons. The Kier molecular flexibility index (Phi) is 5.87. The molecule has 23 heavy (non-hydrogen) atoms. The van der Waals surface area contributed by atoms with E-state index < -0.39 is 5.60 Å². The van der Waals surface area contributed by atoms with Gasteiger partial charge in [0.15, 0.2) is 5.82 Å². The zero-order valence-corrected chi connectivity index (χ0v) is 13.7. The van der Waals surface area contributed by atoms with Crippen LogP contribution in [0, 0.1) is 0 Å². The first-order valence-electron chi connectivity index (χ1n) is 8.05. The highest BCUT2D eigenvalue weighted by Crippen LogP contribution is 2.25. The molecule has 0 aromatic carbocycles. The Morgan fingerprint density at radius 3 is 2.61 bits per heavy atom. The second-order valence-electron chi connectivity index (χ2n) is 5.77. The number of hydrogen-bond acceptors (Lipinski definition) is 4. The minimum Gasteiger partial charge on any atom is -0.389 e. The minimum atomic E-state index is -0.943. The van der Waals surface area contributed by atoms with Crippen LogP contribution in [-0.4, -0.2) is 31.4 Å². The molecule has 1 amide bonds. The van der Waals surface area contributed by atoms with E-state index in [9.17, 15) is 9.90 Å². The van der Waals surface area contributed by atoms with Crippen LogP contribution in [0.15, 0.2) is 36.8 Å². The first-order valence-corrected chi connectivity index (χ1v) is 8.05. The van der Waals surface area contributed by atoms with Crippen LogP contribution in [0.1, 0.15) is 46.0 Å². The molecule has 0 fully saturated rings. The number of aliphatic hydroxyl groups is 1. The van der Waals surface area contributed by atoms with E-state index in [1.54, 1.807) is 41.5 Å². The van der Waals surface area contributed by atoms with Crippen LogP contribution in [0.3, 0.4) is 0 Å². The number of nitrogens with zero attached hydrogens (tertiary/aromatic N) is 3. The molecule has 0 saturated heterocycles. The van der Waals surface area contributed by atoms with E-state index in [1.807, 2.05) is 13.8 Å². The maximum absolute atomic E-state index is 12.4. The van der Waals surface area contributed by atoms with Gasteiger partial charge in [-0.2, -0.15) is 5.10 Å². The molecule has 0 aliphatic rings. The lowest BCUT2D eigenvalue weighted by atomic mass is 9.89. The summed E-state index contributed by atoms with van der Waals surface area (Å²) in [6, 6.07) is 5.33. The molecule has 0 unspecified atom stereocenters. The zero-order valence-electron chi connectivity index (χ0n) is 13.7.